The summed E-state index contributed by atoms with van der Waals surface area (Å²) in [6, 6.07) is 14.6. The van der Waals surface area contributed by atoms with Crippen LogP contribution in [0.3, 0.4) is 0 Å². The van der Waals surface area contributed by atoms with E-state index in [1.54, 1.807) is 7.05 Å². The minimum absolute atomic E-state index is 0.0301. The zero-order valence-electron chi connectivity index (χ0n) is 14.4. The third-order valence-electron chi connectivity index (χ3n) is 3.80. The summed E-state index contributed by atoms with van der Waals surface area (Å²) in [5, 5.41) is 8.92. The Balaban J connectivity index is 1.90. The molecule has 2 aromatic rings. The van der Waals surface area contributed by atoms with Crippen molar-refractivity contribution in [1.29, 1.82) is 0 Å². The number of nitrogens with one attached hydrogen (secondary N) is 2. The number of rotatable bonds is 6. The third-order valence-corrected chi connectivity index (χ3v) is 4.78. The molecule has 0 spiro atoms. The molecule has 0 aliphatic rings. The van der Waals surface area contributed by atoms with Crippen molar-refractivity contribution < 1.29 is 8.42 Å². The van der Waals surface area contributed by atoms with Gasteiger partial charge in [0.1, 0.15) is 9.84 Å². The molecule has 0 aliphatic heterocycles. The number of sulfone groups is 1. The van der Waals surface area contributed by atoms with E-state index >= 15 is 0 Å². The predicted molar refractivity (Wildman–Crippen MR) is 101 cm³/mol. The fourth-order valence-corrected chi connectivity index (χ4v) is 3.21. The van der Waals surface area contributed by atoms with Crippen molar-refractivity contribution in [2.24, 2.45) is 4.99 Å². The van der Waals surface area contributed by atoms with Crippen LogP contribution in [0.4, 0.5) is 0 Å². The van der Waals surface area contributed by atoms with Crippen molar-refractivity contribution in [2.45, 2.75) is 25.9 Å². The molecule has 0 heterocycles. The molecule has 0 amide bonds. The maximum absolute atomic E-state index is 11.2. The van der Waals surface area contributed by atoms with Gasteiger partial charge in [-0.25, -0.2) is 8.42 Å². The highest BCUT2D eigenvalue weighted by Gasteiger charge is 2.09. The molecular weight excluding hydrogens is 322 g/mol. The molecule has 0 bridgehead atoms. The van der Waals surface area contributed by atoms with Gasteiger partial charge in [-0.05, 0) is 35.7 Å². The zero-order chi connectivity index (χ0) is 17.6. The standard InChI is InChI=1S/C18H25N3O2S/c1-14(10-11-24(3,22)23)21-18(19-2)20-13-15-8-9-16-6-4-5-7-17(16)12-15/h4-9,12,14H,10-11,13H2,1-3H3,(H2,19,20,21). The Labute approximate surface area is 144 Å². The van der Waals surface area contributed by atoms with Crippen molar-refractivity contribution in [3.8, 4) is 0 Å². The van der Waals surface area contributed by atoms with E-state index < -0.39 is 9.84 Å². The van der Waals surface area contributed by atoms with E-state index in [1.165, 1.54) is 22.6 Å². The number of guanidine groups is 1. The lowest BCUT2D eigenvalue weighted by Crippen LogP contribution is -2.42. The fourth-order valence-electron chi connectivity index (χ4n) is 2.43. The van der Waals surface area contributed by atoms with Crippen LogP contribution in [0.1, 0.15) is 18.9 Å². The first kappa shape index (κ1) is 18.3. The molecule has 0 radical (unpaired) electrons. The van der Waals surface area contributed by atoms with Gasteiger partial charge in [0.25, 0.3) is 0 Å². The highest BCUT2D eigenvalue weighted by atomic mass is 32.2. The normalized spacial score (nSPS) is 13.7. The summed E-state index contributed by atoms with van der Waals surface area (Å²) in [6.07, 6.45) is 1.81. The van der Waals surface area contributed by atoms with Crippen LogP contribution in [0.2, 0.25) is 0 Å². The lowest BCUT2D eigenvalue weighted by Gasteiger charge is -2.17. The molecule has 6 heteroatoms. The first-order valence-corrected chi connectivity index (χ1v) is 10.1. The van der Waals surface area contributed by atoms with E-state index in [0.29, 0.717) is 18.9 Å². The van der Waals surface area contributed by atoms with Crippen molar-refractivity contribution in [3.05, 3.63) is 48.0 Å². The molecule has 0 aromatic heterocycles. The quantitative estimate of drug-likeness (QED) is 0.621. The Bertz CT molecular complexity index is 816. The summed E-state index contributed by atoms with van der Waals surface area (Å²) in [7, 11) is -1.23. The van der Waals surface area contributed by atoms with Crippen LogP contribution < -0.4 is 10.6 Å². The molecule has 2 N–H and O–H groups in total. The van der Waals surface area contributed by atoms with Gasteiger partial charge in [0.05, 0.1) is 5.75 Å². The Morgan fingerprint density at radius 1 is 1.17 bits per heavy atom. The molecule has 5 nitrogen and oxygen atoms in total. The van der Waals surface area contributed by atoms with Crippen LogP contribution in [0.25, 0.3) is 10.8 Å². The van der Waals surface area contributed by atoms with Crippen LogP contribution >= 0.6 is 0 Å². The second-order valence-electron chi connectivity index (χ2n) is 6.07. The van der Waals surface area contributed by atoms with E-state index in [1.807, 2.05) is 19.1 Å². The highest BCUT2D eigenvalue weighted by molar-refractivity contribution is 7.90. The Morgan fingerprint density at radius 3 is 2.54 bits per heavy atom. The van der Waals surface area contributed by atoms with Crippen molar-refractivity contribution in [3.63, 3.8) is 0 Å². The molecule has 1 unspecified atom stereocenters. The van der Waals surface area contributed by atoms with Gasteiger partial charge in [0.2, 0.25) is 0 Å². The van der Waals surface area contributed by atoms with Crippen LogP contribution in [0.5, 0.6) is 0 Å². The highest BCUT2D eigenvalue weighted by Crippen LogP contribution is 2.15. The average molecular weight is 347 g/mol. The predicted octanol–water partition coefficient (Wildman–Crippen LogP) is 2.33. The van der Waals surface area contributed by atoms with E-state index in [9.17, 15) is 8.42 Å². The largest absolute Gasteiger partial charge is 0.354 e. The smallest absolute Gasteiger partial charge is 0.191 e. The number of benzene rings is 2. The van der Waals surface area contributed by atoms with Gasteiger partial charge < -0.3 is 10.6 Å². The molecule has 1 atom stereocenters. The molecular formula is C18H25N3O2S. The van der Waals surface area contributed by atoms with Gasteiger partial charge in [-0.2, -0.15) is 0 Å². The SMILES string of the molecule is CN=C(NCc1ccc2ccccc2c1)NC(C)CCS(C)(=O)=O. The Morgan fingerprint density at radius 2 is 1.88 bits per heavy atom. The lowest BCUT2D eigenvalue weighted by atomic mass is 10.1. The van der Waals surface area contributed by atoms with Gasteiger partial charge in [0.15, 0.2) is 5.96 Å². The number of hydrogen-bond acceptors (Lipinski definition) is 3. The molecule has 24 heavy (non-hydrogen) atoms. The average Bonchev–Trinajstić information content (AvgIpc) is 2.56. The summed E-state index contributed by atoms with van der Waals surface area (Å²) in [4.78, 5) is 4.19. The van der Waals surface area contributed by atoms with Gasteiger partial charge in [-0.15, -0.1) is 0 Å². The summed E-state index contributed by atoms with van der Waals surface area (Å²) >= 11 is 0. The summed E-state index contributed by atoms with van der Waals surface area (Å²) in [6.45, 7) is 2.61. The molecule has 0 saturated heterocycles. The van der Waals surface area contributed by atoms with E-state index in [-0.39, 0.29) is 11.8 Å². The minimum Gasteiger partial charge on any atom is -0.354 e. The van der Waals surface area contributed by atoms with Crippen LogP contribution in [-0.4, -0.2) is 39.5 Å². The van der Waals surface area contributed by atoms with Gasteiger partial charge >= 0.3 is 0 Å². The van der Waals surface area contributed by atoms with Gasteiger partial charge in [-0.1, -0.05) is 36.4 Å². The third kappa shape index (κ3) is 5.85. The van der Waals surface area contributed by atoms with E-state index in [2.05, 4.69) is 46.0 Å². The fraction of sp³-hybridized carbons (Fsp3) is 0.389. The molecule has 0 saturated carbocycles. The van der Waals surface area contributed by atoms with Crippen LogP contribution in [0.15, 0.2) is 47.5 Å². The summed E-state index contributed by atoms with van der Waals surface area (Å²) in [5.41, 5.74) is 1.17. The number of aliphatic imine (C=N–C) groups is 1. The first-order chi connectivity index (χ1) is 11.4. The second-order valence-corrected chi connectivity index (χ2v) is 8.33. The van der Waals surface area contributed by atoms with E-state index in [4.69, 9.17) is 0 Å². The lowest BCUT2D eigenvalue weighted by molar-refractivity contribution is 0.581. The number of hydrogen-bond donors (Lipinski definition) is 2. The monoisotopic (exact) mass is 347 g/mol. The number of nitrogens with zero attached hydrogens (tertiary/aromatic N) is 1. The van der Waals surface area contributed by atoms with E-state index in [0.717, 1.165) is 0 Å². The first-order valence-electron chi connectivity index (χ1n) is 8.00. The second kappa shape index (κ2) is 8.15. The molecule has 0 fully saturated rings. The van der Waals surface area contributed by atoms with Crippen LogP contribution in [0, 0.1) is 0 Å². The Kier molecular flexibility index (Phi) is 6.20. The number of fused-ring (bicyclic) bond motifs is 1. The summed E-state index contributed by atoms with van der Waals surface area (Å²) in [5.74, 6) is 0.840. The zero-order valence-corrected chi connectivity index (χ0v) is 15.2. The van der Waals surface area contributed by atoms with Crippen molar-refractivity contribution in [1.82, 2.24) is 10.6 Å². The minimum atomic E-state index is -2.94. The van der Waals surface area contributed by atoms with Crippen molar-refractivity contribution >= 4 is 26.6 Å². The maximum Gasteiger partial charge on any atom is 0.191 e. The molecule has 0 aliphatic carbocycles. The molecule has 2 aromatic carbocycles. The maximum atomic E-state index is 11.2. The summed E-state index contributed by atoms with van der Waals surface area (Å²) < 4.78 is 22.5. The van der Waals surface area contributed by atoms with Gasteiger partial charge in [0, 0.05) is 25.9 Å². The topological polar surface area (TPSA) is 70.6 Å². The van der Waals surface area contributed by atoms with Crippen molar-refractivity contribution in [2.75, 3.05) is 19.1 Å². The Hall–Kier alpha value is -2.08. The molecule has 130 valence electrons. The van der Waals surface area contributed by atoms with Crippen LogP contribution in [-0.2, 0) is 16.4 Å². The molecule has 2 rings (SSSR count). The van der Waals surface area contributed by atoms with Gasteiger partial charge in [-0.3, -0.25) is 4.99 Å².